The van der Waals surface area contributed by atoms with Crippen LogP contribution in [0.15, 0.2) is 34.8 Å². The molecule has 0 saturated carbocycles. The highest BCUT2D eigenvalue weighted by molar-refractivity contribution is 9.10. The fraction of sp³-hybridized carbons (Fsp3) is 0.133. The van der Waals surface area contributed by atoms with Crippen LogP contribution in [0.3, 0.4) is 0 Å². The minimum absolute atomic E-state index is 0.222. The number of aryl methyl sites for hydroxylation is 2. The van der Waals surface area contributed by atoms with Gasteiger partial charge in [0.1, 0.15) is 17.2 Å². The van der Waals surface area contributed by atoms with Gasteiger partial charge >= 0.3 is 0 Å². The van der Waals surface area contributed by atoms with Gasteiger partial charge in [0.25, 0.3) is 5.91 Å². The first-order chi connectivity index (χ1) is 9.40. The fourth-order valence-corrected chi connectivity index (χ4v) is 2.13. The van der Waals surface area contributed by atoms with Gasteiger partial charge in [-0.15, -0.1) is 0 Å². The summed E-state index contributed by atoms with van der Waals surface area (Å²) in [5.74, 6) is -2.53. The zero-order valence-corrected chi connectivity index (χ0v) is 12.5. The van der Waals surface area contributed by atoms with Crippen molar-refractivity contribution in [2.24, 2.45) is 0 Å². The first kappa shape index (κ1) is 14.7. The Kier molecular flexibility index (Phi) is 4.18. The predicted molar refractivity (Wildman–Crippen MR) is 77.9 cm³/mol. The number of benzene rings is 2. The monoisotopic (exact) mass is 339 g/mol. The van der Waals surface area contributed by atoms with Gasteiger partial charge in [-0.2, -0.15) is 0 Å². The maximum absolute atomic E-state index is 13.9. The number of carbonyl (C=O) groups excluding carboxylic acids is 1. The number of halogens is 3. The molecule has 2 rings (SSSR count). The number of nitrogens with one attached hydrogen (secondary N) is 1. The van der Waals surface area contributed by atoms with E-state index in [9.17, 15) is 13.6 Å². The Hall–Kier alpha value is -1.75. The average molecular weight is 340 g/mol. The molecule has 2 aromatic rings. The largest absolute Gasteiger partial charge is 0.321 e. The summed E-state index contributed by atoms with van der Waals surface area (Å²) in [6.45, 7) is 3.34. The molecule has 1 amide bonds. The number of rotatable bonds is 2. The molecule has 2 aromatic carbocycles. The van der Waals surface area contributed by atoms with Crippen molar-refractivity contribution in [3.63, 3.8) is 0 Å². The van der Waals surface area contributed by atoms with Crippen LogP contribution in [0.25, 0.3) is 0 Å². The molecule has 0 heterocycles. The minimum Gasteiger partial charge on any atom is -0.321 e. The normalized spacial score (nSPS) is 10.4. The van der Waals surface area contributed by atoms with Gasteiger partial charge in [0, 0.05) is 4.47 Å². The molecule has 0 fully saturated rings. The van der Waals surface area contributed by atoms with Crippen LogP contribution < -0.4 is 5.32 Å². The van der Waals surface area contributed by atoms with E-state index in [0.29, 0.717) is 10.2 Å². The molecule has 104 valence electrons. The third-order valence-electron chi connectivity index (χ3n) is 2.88. The van der Waals surface area contributed by atoms with Crippen LogP contribution >= 0.6 is 15.9 Å². The van der Waals surface area contributed by atoms with Crippen LogP contribution in [0.4, 0.5) is 14.5 Å². The molecule has 0 radical (unpaired) electrons. The molecule has 0 spiro atoms. The van der Waals surface area contributed by atoms with Crippen LogP contribution in [0, 0.1) is 25.5 Å². The van der Waals surface area contributed by atoms with Crippen molar-refractivity contribution in [1.29, 1.82) is 0 Å². The van der Waals surface area contributed by atoms with Gasteiger partial charge in [-0.3, -0.25) is 4.79 Å². The van der Waals surface area contributed by atoms with Crippen molar-refractivity contribution < 1.29 is 13.6 Å². The van der Waals surface area contributed by atoms with Crippen molar-refractivity contribution in [3.05, 3.63) is 63.1 Å². The molecule has 0 aliphatic rings. The first-order valence-electron chi connectivity index (χ1n) is 5.92. The number of hydrogen-bond donors (Lipinski definition) is 1. The Morgan fingerprint density at radius 2 is 1.85 bits per heavy atom. The summed E-state index contributed by atoms with van der Waals surface area (Å²) in [6.07, 6.45) is 0. The van der Waals surface area contributed by atoms with E-state index >= 15 is 0 Å². The molecule has 0 saturated heterocycles. The van der Waals surface area contributed by atoms with Gasteiger partial charge in [0.15, 0.2) is 0 Å². The molecule has 0 atom stereocenters. The zero-order valence-electron chi connectivity index (χ0n) is 10.9. The van der Waals surface area contributed by atoms with Gasteiger partial charge in [0.2, 0.25) is 0 Å². The topological polar surface area (TPSA) is 29.1 Å². The van der Waals surface area contributed by atoms with E-state index in [2.05, 4.69) is 21.2 Å². The van der Waals surface area contributed by atoms with Gasteiger partial charge in [0.05, 0.1) is 5.69 Å². The summed E-state index contributed by atoms with van der Waals surface area (Å²) < 4.78 is 28.2. The molecule has 0 aliphatic heterocycles. The molecule has 0 aromatic heterocycles. The van der Waals surface area contributed by atoms with E-state index in [-0.39, 0.29) is 5.56 Å². The third-order valence-corrected chi connectivity index (χ3v) is 3.57. The van der Waals surface area contributed by atoms with Gasteiger partial charge < -0.3 is 5.32 Å². The number of anilines is 1. The summed E-state index contributed by atoms with van der Waals surface area (Å²) in [4.78, 5) is 12.1. The predicted octanol–water partition coefficient (Wildman–Crippen LogP) is 4.60. The molecule has 0 aliphatic carbocycles. The van der Waals surface area contributed by atoms with E-state index in [0.717, 1.165) is 11.6 Å². The van der Waals surface area contributed by atoms with Crippen LogP contribution in [-0.2, 0) is 0 Å². The Labute approximate surface area is 123 Å². The Balaban J connectivity index is 2.38. The Bertz CT molecular complexity index is 686. The van der Waals surface area contributed by atoms with Crippen molar-refractivity contribution in [2.75, 3.05) is 5.32 Å². The maximum Gasteiger partial charge on any atom is 0.261 e. The summed E-state index contributed by atoms with van der Waals surface area (Å²) in [6, 6.07) is 7.71. The molecule has 0 bridgehead atoms. The second-order valence-corrected chi connectivity index (χ2v) is 5.35. The Morgan fingerprint density at radius 3 is 2.55 bits per heavy atom. The second kappa shape index (κ2) is 5.71. The fourth-order valence-electron chi connectivity index (χ4n) is 1.78. The van der Waals surface area contributed by atoms with E-state index in [4.69, 9.17) is 0 Å². The third kappa shape index (κ3) is 2.88. The standard InChI is InChI=1S/C15H12BrF2NO/c1-8-3-5-10(16)12(7-8)19-15(20)13-11(17)6-4-9(2)14(13)18/h3-7H,1-2H3,(H,19,20). The molecule has 20 heavy (non-hydrogen) atoms. The van der Waals surface area contributed by atoms with Crippen LogP contribution in [0.1, 0.15) is 21.5 Å². The van der Waals surface area contributed by atoms with Crippen LogP contribution in [0.2, 0.25) is 0 Å². The van der Waals surface area contributed by atoms with Crippen molar-refractivity contribution in [3.8, 4) is 0 Å². The molecule has 1 N–H and O–H groups in total. The molecule has 0 unspecified atom stereocenters. The SMILES string of the molecule is Cc1ccc(Br)c(NC(=O)c2c(F)ccc(C)c2F)c1. The minimum atomic E-state index is -0.880. The van der Waals surface area contributed by atoms with Gasteiger partial charge in [-0.05, 0) is 59.1 Å². The van der Waals surface area contributed by atoms with Crippen molar-refractivity contribution in [2.45, 2.75) is 13.8 Å². The lowest BCUT2D eigenvalue weighted by molar-refractivity contribution is 0.101. The van der Waals surface area contributed by atoms with Gasteiger partial charge in [-0.1, -0.05) is 12.1 Å². The number of carbonyl (C=O) groups is 1. The summed E-state index contributed by atoms with van der Waals surface area (Å²) in [7, 11) is 0. The van der Waals surface area contributed by atoms with E-state index in [1.54, 1.807) is 12.1 Å². The molecular formula is C15H12BrF2NO. The summed E-state index contributed by atoms with van der Waals surface area (Å²) in [5, 5.41) is 2.51. The lowest BCUT2D eigenvalue weighted by Gasteiger charge is -2.10. The van der Waals surface area contributed by atoms with E-state index < -0.39 is 23.1 Å². The van der Waals surface area contributed by atoms with E-state index in [1.165, 1.54) is 13.0 Å². The summed E-state index contributed by atoms with van der Waals surface area (Å²) in [5.41, 5.74) is 1.04. The number of hydrogen-bond acceptors (Lipinski definition) is 1. The highest BCUT2D eigenvalue weighted by Crippen LogP contribution is 2.25. The zero-order chi connectivity index (χ0) is 14.9. The lowest BCUT2D eigenvalue weighted by atomic mass is 10.1. The molecule has 5 heteroatoms. The smallest absolute Gasteiger partial charge is 0.261 e. The highest BCUT2D eigenvalue weighted by atomic mass is 79.9. The quantitative estimate of drug-likeness (QED) is 0.851. The molecule has 2 nitrogen and oxygen atoms in total. The first-order valence-corrected chi connectivity index (χ1v) is 6.71. The van der Waals surface area contributed by atoms with Gasteiger partial charge in [-0.25, -0.2) is 8.78 Å². The van der Waals surface area contributed by atoms with Crippen molar-refractivity contribution in [1.82, 2.24) is 0 Å². The number of amides is 1. The van der Waals surface area contributed by atoms with Crippen LogP contribution in [0.5, 0.6) is 0 Å². The Morgan fingerprint density at radius 1 is 1.15 bits per heavy atom. The van der Waals surface area contributed by atoms with Crippen LogP contribution in [-0.4, -0.2) is 5.91 Å². The van der Waals surface area contributed by atoms with E-state index in [1.807, 2.05) is 13.0 Å². The average Bonchev–Trinajstić information content (AvgIpc) is 2.39. The summed E-state index contributed by atoms with van der Waals surface area (Å²) >= 11 is 3.28. The lowest BCUT2D eigenvalue weighted by Crippen LogP contribution is -2.17. The molecular weight excluding hydrogens is 328 g/mol. The highest BCUT2D eigenvalue weighted by Gasteiger charge is 2.19. The van der Waals surface area contributed by atoms with Crippen molar-refractivity contribution >= 4 is 27.5 Å². The second-order valence-electron chi connectivity index (χ2n) is 4.49. The maximum atomic E-state index is 13.9.